The molecule has 0 saturated carbocycles. The third kappa shape index (κ3) is 1.18. The van der Waals surface area contributed by atoms with E-state index in [1.807, 2.05) is 11.3 Å². The number of hydrogen-bond acceptors (Lipinski definition) is 2. The molecule has 1 saturated heterocycles. The normalized spacial score (nSPS) is 24.3. The fourth-order valence-corrected chi connectivity index (χ4v) is 2.29. The monoisotopic (exact) mass is 203 g/mol. The van der Waals surface area contributed by atoms with Gasteiger partial charge in [0.05, 0.1) is 6.04 Å². The van der Waals surface area contributed by atoms with Crippen LogP contribution >= 0.6 is 27.3 Å². The van der Waals surface area contributed by atoms with E-state index in [2.05, 4.69) is 32.7 Å². The molecule has 0 spiro atoms. The molecule has 0 aliphatic carbocycles. The number of thiophene rings is 1. The summed E-state index contributed by atoms with van der Waals surface area (Å²) in [6.45, 7) is 1.16. The van der Waals surface area contributed by atoms with Crippen LogP contribution in [0.15, 0.2) is 15.9 Å². The zero-order valence-electron chi connectivity index (χ0n) is 4.73. The van der Waals surface area contributed by atoms with Gasteiger partial charge in [0.15, 0.2) is 0 Å². The standard InChI is InChI=1S/C6H6BrNS/c7-4-1-6(9-3-4)5-2-8-5/h1,3,5,8H,2H2. The van der Waals surface area contributed by atoms with Crippen molar-refractivity contribution in [3.63, 3.8) is 0 Å². The molecule has 1 N–H and O–H groups in total. The van der Waals surface area contributed by atoms with Crippen LogP contribution in [0.4, 0.5) is 0 Å². The average molecular weight is 204 g/mol. The predicted octanol–water partition coefficient (Wildman–Crippen LogP) is 2.15. The van der Waals surface area contributed by atoms with Gasteiger partial charge in [0.25, 0.3) is 0 Å². The van der Waals surface area contributed by atoms with Crippen molar-refractivity contribution < 1.29 is 0 Å². The maximum absolute atomic E-state index is 3.41. The van der Waals surface area contributed by atoms with Crippen molar-refractivity contribution in [2.24, 2.45) is 0 Å². The molecule has 9 heavy (non-hydrogen) atoms. The van der Waals surface area contributed by atoms with Crippen LogP contribution in [0.25, 0.3) is 0 Å². The molecule has 0 aromatic carbocycles. The Hall–Kier alpha value is 0.140. The van der Waals surface area contributed by atoms with E-state index in [4.69, 9.17) is 0 Å². The molecule has 1 atom stereocenters. The molecule has 0 amide bonds. The van der Waals surface area contributed by atoms with Crippen molar-refractivity contribution in [2.75, 3.05) is 6.54 Å². The van der Waals surface area contributed by atoms with Crippen LogP contribution in [0.2, 0.25) is 0 Å². The molecule has 1 nitrogen and oxygen atoms in total. The highest BCUT2D eigenvalue weighted by Gasteiger charge is 2.23. The van der Waals surface area contributed by atoms with Crippen LogP contribution in [0, 0.1) is 0 Å². The summed E-state index contributed by atoms with van der Waals surface area (Å²) in [7, 11) is 0. The lowest BCUT2D eigenvalue weighted by Gasteiger charge is -1.81. The number of halogens is 1. The topological polar surface area (TPSA) is 21.9 Å². The Morgan fingerprint density at radius 3 is 3.00 bits per heavy atom. The third-order valence-electron chi connectivity index (χ3n) is 1.34. The molecule has 1 fully saturated rings. The zero-order chi connectivity index (χ0) is 6.27. The first kappa shape index (κ1) is 5.89. The van der Waals surface area contributed by atoms with Crippen molar-refractivity contribution >= 4 is 27.3 Å². The minimum Gasteiger partial charge on any atom is -0.306 e. The molecule has 1 aliphatic rings. The number of hydrogen-bond donors (Lipinski definition) is 1. The fraction of sp³-hybridized carbons (Fsp3) is 0.333. The lowest BCUT2D eigenvalue weighted by Crippen LogP contribution is -1.74. The first-order valence-corrected chi connectivity index (χ1v) is 4.51. The minimum absolute atomic E-state index is 0.668. The van der Waals surface area contributed by atoms with E-state index < -0.39 is 0 Å². The van der Waals surface area contributed by atoms with Crippen LogP contribution < -0.4 is 5.32 Å². The van der Waals surface area contributed by atoms with Crippen LogP contribution in [0.3, 0.4) is 0 Å². The van der Waals surface area contributed by atoms with Gasteiger partial charge in [-0.3, -0.25) is 0 Å². The Morgan fingerprint density at radius 1 is 1.78 bits per heavy atom. The molecule has 1 aromatic rings. The zero-order valence-corrected chi connectivity index (χ0v) is 7.13. The molecule has 48 valence electrons. The van der Waals surface area contributed by atoms with Crippen molar-refractivity contribution in [3.8, 4) is 0 Å². The summed E-state index contributed by atoms with van der Waals surface area (Å²) in [5.41, 5.74) is 0. The van der Waals surface area contributed by atoms with Gasteiger partial charge < -0.3 is 5.32 Å². The van der Waals surface area contributed by atoms with E-state index in [1.54, 1.807) is 0 Å². The molecule has 2 heterocycles. The molecule has 1 unspecified atom stereocenters. The van der Waals surface area contributed by atoms with Crippen LogP contribution in [-0.4, -0.2) is 6.54 Å². The molecular formula is C6H6BrNS. The first-order chi connectivity index (χ1) is 4.36. The molecule has 0 bridgehead atoms. The molecular weight excluding hydrogens is 198 g/mol. The Labute approximate surface area is 66.2 Å². The van der Waals surface area contributed by atoms with Gasteiger partial charge in [-0.2, -0.15) is 0 Å². The quantitative estimate of drug-likeness (QED) is 0.695. The number of nitrogens with one attached hydrogen (secondary N) is 1. The smallest absolute Gasteiger partial charge is 0.0542 e. The SMILES string of the molecule is Brc1csc(C2CN2)c1. The average Bonchev–Trinajstić information content (AvgIpc) is 2.58. The molecule has 0 radical (unpaired) electrons. The van der Waals surface area contributed by atoms with E-state index in [-0.39, 0.29) is 0 Å². The van der Waals surface area contributed by atoms with Crippen molar-refractivity contribution in [1.82, 2.24) is 5.32 Å². The van der Waals surface area contributed by atoms with E-state index in [0.717, 1.165) is 6.54 Å². The fourth-order valence-electron chi connectivity index (χ4n) is 0.771. The van der Waals surface area contributed by atoms with Crippen molar-refractivity contribution in [3.05, 3.63) is 20.8 Å². The Balaban J connectivity index is 2.28. The summed E-state index contributed by atoms with van der Waals surface area (Å²) >= 11 is 5.22. The van der Waals surface area contributed by atoms with Crippen LogP contribution in [0.5, 0.6) is 0 Å². The maximum Gasteiger partial charge on any atom is 0.0542 e. The van der Waals surface area contributed by atoms with Crippen LogP contribution in [0.1, 0.15) is 10.9 Å². The highest BCUT2D eigenvalue weighted by molar-refractivity contribution is 9.10. The van der Waals surface area contributed by atoms with E-state index >= 15 is 0 Å². The molecule has 2 rings (SSSR count). The summed E-state index contributed by atoms with van der Waals surface area (Å²) < 4.78 is 1.20. The highest BCUT2D eigenvalue weighted by Crippen LogP contribution is 2.29. The maximum atomic E-state index is 3.41. The predicted molar refractivity (Wildman–Crippen MR) is 42.8 cm³/mol. The summed E-state index contributed by atoms with van der Waals surface area (Å²) in [6.07, 6.45) is 0. The molecule has 1 aromatic heterocycles. The second kappa shape index (κ2) is 2.08. The lowest BCUT2D eigenvalue weighted by molar-refractivity contribution is 1.11. The summed E-state index contributed by atoms with van der Waals surface area (Å²) in [5, 5.41) is 5.37. The second-order valence-corrected chi connectivity index (χ2v) is 3.99. The largest absolute Gasteiger partial charge is 0.306 e. The van der Waals surface area contributed by atoms with E-state index in [9.17, 15) is 0 Å². The van der Waals surface area contributed by atoms with Gasteiger partial charge >= 0.3 is 0 Å². The van der Waals surface area contributed by atoms with Gasteiger partial charge in [-0.15, -0.1) is 11.3 Å². The Bertz CT molecular complexity index is 217. The Kier molecular flexibility index (Phi) is 1.36. The summed E-state index contributed by atoms with van der Waals surface area (Å²) in [6, 6.07) is 2.84. The minimum atomic E-state index is 0.668. The van der Waals surface area contributed by atoms with Gasteiger partial charge in [0.2, 0.25) is 0 Å². The van der Waals surface area contributed by atoms with Gasteiger partial charge in [0.1, 0.15) is 0 Å². The van der Waals surface area contributed by atoms with E-state index in [1.165, 1.54) is 9.35 Å². The molecule has 3 heteroatoms. The van der Waals surface area contributed by atoms with Crippen molar-refractivity contribution in [1.29, 1.82) is 0 Å². The van der Waals surface area contributed by atoms with Crippen LogP contribution in [-0.2, 0) is 0 Å². The van der Waals surface area contributed by atoms with Gasteiger partial charge in [-0.25, -0.2) is 0 Å². The third-order valence-corrected chi connectivity index (χ3v) is 3.15. The van der Waals surface area contributed by atoms with Gasteiger partial charge in [-0.05, 0) is 22.0 Å². The van der Waals surface area contributed by atoms with Crippen molar-refractivity contribution in [2.45, 2.75) is 6.04 Å². The summed E-state index contributed by atoms with van der Waals surface area (Å²) in [4.78, 5) is 1.45. The number of rotatable bonds is 1. The van der Waals surface area contributed by atoms with E-state index in [0.29, 0.717) is 6.04 Å². The summed E-state index contributed by atoms with van der Waals surface area (Å²) in [5.74, 6) is 0. The first-order valence-electron chi connectivity index (χ1n) is 2.83. The molecule has 1 aliphatic heterocycles. The second-order valence-electron chi connectivity index (χ2n) is 2.13. The Morgan fingerprint density at radius 2 is 2.56 bits per heavy atom. The van der Waals surface area contributed by atoms with Gasteiger partial charge in [0, 0.05) is 21.3 Å². The van der Waals surface area contributed by atoms with Gasteiger partial charge in [-0.1, -0.05) is 0 Å². The highest BCUT2D eigenvalue weighted by atomic mass is 79.9. The lowest BCUT2D eigenvalue weighted by atomic mass is 10.4.